The molecule has 0 bridgehead atoms. The van der Waals surface area contributed by atoms with E-state index in [2.05, 4.69) is 11.1 Å². The molecule has 0 saturated heterocycles. The molecule has 1 aromatic heterocycles. The quantitative estimate of drug-likeness (QED) is 0.873. The Labute approximate surface area is 128 Å². The predicted octanol–water partition coefficient (Wildman–Crippen LogP) is 4.20. The molecule has 2 aliphatic carbocycles. The Kier molecular flexibility index (Phi) is 2.68. The fourth-order valence-corrected chi connectivity index (χ4v) is 4.63. The Morgan fingerprint density at radius 1 is 1.48 bits per heavy atom. The van der Waals surface area contributed by atoms with Gasteiger partial charge in [0, 0.05) is 21.5 Å². The number of hydrogen-bond donors (Lipinski definition) is 2. The minimum atomic E-state index is -0.694. The molecule has 2 atom stereocenters. The van der Waals surface area contributed by atoms with Crippen molar-refractivity contribution < 1.29 is 9.90 Å². The van der Waals surface area contributed by atoms with Crippen LogP contribution in [0.15, 0.2) is 12.1 Å². The largest absolute Gasteiger partial charge is 0.481 e. The van der Waals surface area contributed by atoms with E-state index in [0.717, 1.165) is 41.8 Å². The van der Waals surface area contributed by atoms with Crippen molar-refractivity contribution in [1.82, 2.24) is 4.98 Å². The van der Waals surface area contributed by atoms with Crippen LogP contribution in [0.5, 0.6) is 0 Å². The molecule has 3 nitrogen and oxygen atoms in total. The molecule has 1 saturated carbocycles. The smallest absolute Gasteiger partial charge is 0.304 e. The van der Waals surface area contributed by atoms with Gasteiger partial charge in [-0.2, -0.15) is 0 Å². The number of hydrogen-bond acceptors (Lipinski definition) is 1. The van der Waals surface area contributed by atoms with Crippen LogP contribution in [-0.4, -0.2) is 16.1 Å². The molecule has 1 fully saturated rings. The second kappa shape index (κ2) is 4.26. The van der Waals surface area contributed by atoms with Crippen molar-refractivity contribution in [3.8, 4) is 0 Å². The molecule has 2 unspecified atom stereocenters. The number of carbonyl (C=O) groups is 1. The number of nitrogens with one attached hydrogen (secondary N) is 1. The Hall–Kier alpha value is -1.48. The molecular weight excluding hydrogens is 286 g/mol. The van der Waals surface area contributed by atoms with Gasteiger partial charge in [-0.25, -0.2) is 0 Å². The second-order valence-corrected chi connectivity index (χ2v) is 6.98. The lowest BCUT2D eigenvalue weighted by Gasteiger charge is -2.52. The monoisotopic (exact) mass is 303 g/mol. The van der Waals surface area contributed by atoms with Gasteiger partial charge in [0.25, 0.3) is 0 Å². The number of aliphatic carboxylic acids is 1. The van der Waals surface area contributed by atoms with E-state index < -0.39 is 5.97 Å². The van der Waals surface area contributed by atoms with Gasteiger partial charge in [0.15, 0.2) is 0 Å². The number of rotatable bonds is 2. The summed E-state index contributed by atoms with van der Waals surface area (Å²) < 4.78 is 0. The summed E-state index contributed by atoms with van der Waals surface area (Å²) in [6.45, 7) is 2.02. The minimum absolute atomic E-state index is 0.169. The van der Waals surface area contributed by atoms with Gasteiger partial charge >= 0.3 is 5.97 Å². The van der Waals surface area contributed by atoms with Crippen LogP contribution in [0.3, 0.4) is 0 Å². The van der Waals surface area contributed by atoms with Gasteiger partial charge in [-0.1, -0.05) is 17.7 Å². The number of aryl methyl sites for hydroxylation is 2. The summed E-state index contributed by atoms with van der Waals surface area (Å²) in [6, 6.07) is 4.03. The van der Waals surface area contributed by atoms with Crippen LogP contribution >= 0.6 is 11.6 Å². The Morgan fingerprint density at radius 3 is 2.95 bits per heavy atom. The number of carboxylic acids is 1. The van der Waals surface area contributed by atoms with E-state index in [1.807, 2.05) is 13.0 Å². The molecule has 0 spiro atoms. The number of carboxylic acid groups (broad SMARTS) is 1. The molecule has 0 radical (unpaired) electrons. The first kappa shape index (κ1) is 13.2. The van der Waals surface area contributed by atoms with Gasteiger partial charge in [-0.05, 0) is 55.7 Å². The van der Waals surface area contributed by atoms with Crippen molar-refractivity contribution in [2.24, 2.45) is 5.92 Å². The van der Waals surface area contributed by atoms with Gasteiger partial charge in [-0.3, -0.25) is 4.79 Å². The average Bonchev–Trinajstić information content (AvgIpc) is 2.78. The summed E-state index contributed by atoms with van der Waals surface area (Å²) in [6.07, 6.45) is 4.53. The van der Waals surface area contributed by atoms with E-state index in [4.69, 9.17) is 11.6 Å². The molecule has 2 N–H and O–H groups in total. The van der Waals surface area contributed by atoms with E-state index in [-0.39, 0.29) is 11.8 Å². The molecule has 4 rings (SSSR count). The van der Waals surface area contributed by atoms with Crippen molar-refractivity contribution >= 4 is 28.5 Å². The van der Waals surface area contributed by atoms with Crippen LogP contribution < -0.4 is 0 Å². The summed E-state index contributed by atoms with van der Waals surface area (Å²) >= 11 is 6.24. The standard InChI is InChI=1S/C17H18ClNO2/c1-9-13(18)5-4-11-12-3-2-10-6-7-17(10,8-14(20)21)16(12)19-15(9)11/h4-5,10,19H,2-3,6-8H2,1H3,(H,20,21). The Bertz CT molecular complexity index is 764. The lowest BCUT2D eigenvalue weighted by atomic mass is 9.52. The lowest BCUT2D eigenvalue weighted by molar-refractivity contribution is -0.141. The number of aromatic amines is 1. The maximum absolute atomic E-state index is 11.4. The molecule has 4 heteroatoms. The van der Waals surface area contributed by atoms with Gasteiger partial charge < -0.3 is 10.1 Å². The summed E-state index contributed by atoms with van der Waals surface area (Å²) in [5.74, 6) is -0.175. The van der Waals surface area contributed by atoms with Crippen molar-refractivity contribution in [2.75, 3.05) is 0 Å². The third kappa shape index (κ3) is 1.64. The van der Waals surface area contributed by atoms with E-state index in [1.165, 1.54) is 16.6 Å². The molecule has 21 heavy (non-hydrogen) atoms. The normalized spacial score (nSPS) is 27.0. The topological polar surface area (TPSA) is 53.1 Å². The average molecular weight is 304 g/mol. The van der Waals surface area contributed by atoms with Crippen LogP contribution in [0.4, 0.5) is 0 Å². The summed E-state index contributed by atoms with van der Waals surface area (Å²) in [5, 5.41) is 11.3. The van der Waals surface area contributed by atoms with E-state index in [0.29, 0.717) is 5.92 Å². The van der Waals surface area contributed by atoms with Gasteiger partial charge in [-0.15, -0.1) is 0 Å². The van der Waals surface area contributed by atoms with E-state index >= 15 is 0 Å². The van der Waals surface area contributed by atoms with Gasteiger partial charge in [0.05, 0.1) is 11.9 Å². The maximum Gasteiger partial charge on any atom is 0.304 e. The molecule has 0 amide bonds. The third-order valence-corrected chi connectivity index (χ3v) is 6.11. The zero-order valence-corrected chi connectivity index (χ0v) is 12.8. The van der Waals surface area contributed by atoms with Crippen LogP contribution in [0.25, 0.3) is 10.9 Å². The van der Waals surface area contributed by atoms with Gasteiger partial charge in [0.1, 0.15) is 0 Å². The molecular formula is C17H18ClNO2. The fourth-order valence-electron chi connectivity index (χ4n) is 4.47. The van der Waals surface area contributed by atoms with Crippen molar-refractivity contribution in [3.05, 3.63) is 34.0 Å². The molecule has 2 aromatic rings. The van der Waals surface area contributed by atoms with Crippen LogP contribution in [0, 0.1) is 12.8 Å². The Balaban J connectivity index is 1.97. The maximum atomic E-state index is 11.4. The first-order chi connectivity index (χ1) is 10.0. The highest BCUT2D eigenvalue weighted by atomic mass is 35.5. The summed E-state index contributed by atoms with van der Waals surface area (Å²) in [4.78, 5) is 14.9. The SMILES string of the molecule is Cc1c(Cl)ccc2c3c([nH]c12)C1(CC(=O)O)CCC1CC3. The van der Waals surface area contributed by atoms with Crippen molar-refractivity contribution in [1.29, 1.82) is 0 Å². The van der Waals surface area contributed by atoms with Crippen molar-refractivity contribution in [2.45, 2.75) is 44.4 Å². The second-order valence-electron chi connectivity index (χ2n) is 6.57. The van der Waals surface area contributed by atoms with E-state index in [1.54, 1.807) is 0 Å². The van der Waals surface area contributed by atoms with Crippen molar-refractivity contribution in [3.63, 3.8) is 0 Å². The van der Waals surface area contributed by atoms with E-state index in [9.17, 15) is 9.90 Å². The highest BCUT2D eigenvalue weighted by Gasteiger charge is 2.53. The summed E-state index contributed by atoms with van der Waals surface area (Å²) in [7, 11) is 0. The lowest BCUT2D eigenvalue weighted by Crippen LogP contribution is -2.49. The number of aromatic nitrogens is 1. The van der Waals surface area contributed by atoms with Crippen LogP contribution in [-0.2, 0) is 16.6 Å². The summed E-state index contributed by atoms with van der Waals surface area (Å²) in [5.41, 5.74) is 4.47. The number of benzene rings is 1. The zero-order chi connectivity index (χ0) is 14.8. The third-order valence-electron chi connectivity index (χ3n) is 5.70. The molecule has 2 aliphatic rings. The molecule has 0 aliphatic heterocycles. The number of halogens is 1. The first-order valence-corrected chi connectivity index (χ1v) is 7.92. The first-order valence-electron chi connectivity index (χ1n) is 7.55. The predicted molar refractivity (Wildman–Crippen MR) is 83.0 cm³/mol. The molecule has 1 aromatic carbocycles. The van der Waals surface area contributed by atoms with Crippen LogP contribution in [0.1, 0.15) is 42.5 Å². The van der Waals surface area contributed by atoms with Crippen LogP contribution in [0.2, 0.25) is 5.02 Å². The fraction of sp³-hybridized carbons (Fsp3) is 0.471. The molecule has 110 valence electrons. The number of fused-ring (bicyclic) bond motifs is 5. The molecule has 1 heterocycles. The highest BCUT2D eigenvalue weighted by Crippen LogP contribution is 2.57. The Morgan fingerprint density at radius 2 is 2.29 bits per heavy atom. The zero-order valence-electron chi connectivity index (χ0n) is 12.0. The van der Waals surface area contributed by atoms with Gasteiger partial charge in [0.2, 0.25) is 0 Å². The number of H-pyrrole nitrogens is 1. The highest BCUT2D eigenvalue weighted by molar-refractivity contribution is 6.32. The minimum Gasteiger partial charge on any atom is -0.481 e.